The number of hydrazine groups is 1. The molecule has 5 aliphatic rings. The summed E-state index contributed by atoms with van der Waals surface area (Å²) in [5.41, 5.74) is 8.60. The standard InChI is InChI=1S/C26H39N3O3.C23H30N2O2/c1-30-20-16-29-15-9-23(22-27-29)21-26(10-18-31-19-11-26)24-5-7-25(8-6-24)32-17-4-14-28-12-2-3-13-28;1-2-13-24-22(6-1)23(11-18-26-19-12-23)20-7-9-21(10-8-20)27-17-5-16-25-14-3-4-15-25/h5-9,15,22,27H,2-4,10-14,16-21H2,1H3;1-2,6-10,13H,3-5,11-12,14-19H2. The van der Waals surface area contributed by atoms with E-state index in [2.05, 4.69) is 104 Å². The largest absolute Gasteiger partial charge is 0.494 e. The highest BCUT2D eigenvalue weighted by molar-refractivity contribution is 5.40. The van der Waals surface area contributed by atoms with E-state index in [9.17, 15) is 0 Å². The van der Waals surface area contributed by atoms with Gasteiger partial charge in [-0.05, 0) is 156 Å². The Kier molecular flexibility index (Phi) is 16.5. The molecule has 1 aromatic heterocycles. The zero-order chi connectivity index (χ0) is 40.4. The molecule has 0 atom stereocenters. The lowest BCUT2D eigenvalue weighted by Crippen LogP contribution is -2.37. The van der Waals surface area contributed by atoms with E-state index in [0.717, 1.165) is 121 Å². The molecule has 0 radical (unpaired) electrons. The van der Waals surface area contributed by atoms with Crippen molar-refractivity contribution in [1.29, 1.82) is 0 Å². The second kappa shape index (κ2) is 22.6. The summed E-state index contributed by atoms with van der Waals surface area (Å²) >= 11 is 0. The first-order chi connectivity index (χ1) is 29.1. The highest BCUT2D eigenvalue weighted by atomic mass is 16.5. The highest BCUT2D eigenvalue weighted by Crippen LogP contribution is 2.42. The number of allylic oxidation sites excluding steroid dienone is 2. The van der Waals surface area contributed by atoms with E-state index in [1.165, 1.54) is 68.6 Å². The van der Waals surface area contributed by atoms with Crippen LogP contribution in [0.25, 0.3) is 0 Å². The Labute approximate surface area is 353 Å². The predicted octanol–water partition coefficient (Wildman–Crippen LogP) is 7.90. The molecule has 0 amide bonds. The van der Waals surface area contributed by atoms with Crippen LogP contribution in [0.15, 0.2) is 97.0 Å². The number of aromatic nitrogens is 1. The van der Waals surface area contributed by atoms with E-state index in [4.69, 9.17) is 23.7 Å². The van der Waals surface area contributed by atoms with Gasteiger partial charge in [-0.3, -0.25) is 9.99 Å². The second-order valence-corrected chi connectivity index (χ2v) is 16.9. The van der Waals surface area contributed by atoms with Crippen molar-refractivity contribution < 1.29 is 23.7 Å². The lowest BCUT2D eigenvalue weighted by Gasteiger charge is -2.39. The van der Waals surface area contributed by atoms with Crippen molar-refractivity contribution >= 4 is 0 Å². The molecular formula is C49H69N5O5. The van der Waals surface area contributed by atoms with Gasteiger partial charge in [0, 0.05) is 76.1 Å². The van der Waals surface area contributed by atoms with Crippen molar-refractivity contribution in [1.82, 2.24) is 25.2 Å². The zero-order valence-corrected chi connectivity index (χ0v) is 35.7. The molecule has 10 nitrogen and oxygen atoms in total. The molecule has 8 rings (SSSR count). The lowest BCUT2D eigenvalue weighted by molar-refractivity contribution is 0.0501. The Morgan fingerprint density at radius 3 is 1.76 bits per heavy atom. The van der Waals surface area contributed by atoms with Gasteiger partial charge in [0.05, 0.1) is 32.1 Å². The molecule has 0 saturated carbocycles. The Balaban J connectivity index is 0.000000181. The van der Waals surface area contributed by atoms with E-state index in [-0.39, 0.29) is 10.8 Å². The fourth-order valence-electron chi connectivity index (χ4n) is 9.40. The molecule has 5 aliphatic heterocycles. The molecule has 4 fully saturated rings. The molecule has 6 heterocycles. The molecule has 3 aromatic rings. The summed E-state index contributed by atoms with van der Waals surface area (Å²) in [7, 11) is 1.73. The highest BCUT2D eigenvalue weighted by Gasteiger charge is 2.38. The molecule has 320 valence electrons. The third kappa shape index (κ3) is 12.3. The average Bonchev–Trinajstić information content (AvgIpc) is 4.04. The van der Waals surface area contributed by atoms with Crippen molar-refractivity contribution in [3.05, 3.63) is 114 Å². The van der Waals surface area contributed by atoms with Crippen LogP contribution in [0, 0.1) is 0 Å². The van der Waals surface area contributed by atoms with Crippen LogP contribution < -0.4 is 14.9 Å². The second-order valence-electron chi connectivity index (χ2n) is 16.9. The van der Waals surface area contributed by atoms with Gasteiger partial charge in [-0.1, -0.05) is 30.3 Å². The zero-order valence-electron chi connectivity index (χ0n) is 35.7. The fourth-order valence-corrected chi connectivity index (χ4v) is 9.40. The van der Waals surface area contributed by atoms with Gasteiger partial charge in [0.2, 0.25) is 0 Å². The minimum atomic E-state index is -0.0478. The van der Waals surface area contributed by atoms with Gasteiger partial charge in [0.15, 0.2) is 0 Å². The first-order valence-corrected chi connectivity index (χ1v) is 22.5. The predicted molar refractivity (Wildman–Crippen MR) is 235 cm³/mol. The number of methoxy groups -OCH3 is 1. The molecule has 4 saturated heterocycles. The first kappa shape index (κ1) is 43.2. The van der Waals surface area contributed by atoms with E-state index in [0.29, 0.717) is 6.61 Å². The number of benzene rings is 2. The number of hydrogen-bond donors (Lipinski definition) is 1. The minimum Gasteiger partial charge on any atom is -0.494 e. The SMILES string of the molecule is COCCN1C=CC(CC2(c3ccc(OCCCN4CCCC4)cc3)CCOCC2)=CN1.c1ccc(C2(c3ccc(OCCCN4CCCC4)cc3)CCOCC2)nc1. The first-order valence-electron chi connectivity index (χ1n) is 22.5. The van der Waals surface area contributed by atoms with E-state index < -0.39 is 0 Å². The van der Waals surface area contributed by atoms with E-state index in [1.807, 2.05) is 12.3 Å². The summed E-state index contributed by atoms with van der Waals surface area (Å²) in [5.74, 6) is 1.94. The molecule has 1 N–H and O–H groups in total. The number of ether oxygens (including phenoxy) is 5. The maximum Gasteiger partial charge on any atom is 0.119 e. The maximum atomic E-state index is 6.04. The van der Waals surface area contributed by atoms with Crippen LogP contribution in [0.2, 0.25) is 0 Å². The van der Waals surface area contributed by atoms with Gasteiger partial charge >= 0.3 is 0 Å². The van der Waals surface area contributed by atoms with Gasteiger partial charge < -0.3 is 38.9 Å². The lowest BCUT2D eigenvalue weighted by atomic mass is 9.70. The van der Waals surface area contributed by atoms with Gasteiger partial charge in [-0.2, -0.15) is 0 Å². The monoisotopic (exact) mass is 808 g/mol. The number of nitrogens with zero attached hydrogens (tertiary/aromatic N) is 4. The van der Waals surface area contributed by atoms with E-state index >= 15 is 0 Å². The third-order valence-corrected chi connectivity index (χ3v) is 13.0. The molecule has 0 unspecified atom stereocenters. The maximum absolute atomic E-state index is 6.04. The summed E-state index contributed by atoms with van der Waals surface area (Å²) in [6, 6.07) is 23.7. The Morgan fingerprint density at radius 1 is 0.661 bits per heavy atom. The molecular weight excluding hydrogens is 739 g/mol. The van der Waals surface area contributed by atoms with Crippen LogP contribution in [0.3, 0.4) is 0 Å². The van der Waals surface area contributed by atoms with Crippen LogP contribution in [0.4, 0.5) is 0 Å². The molecule has 59 heavy (non-hydrogen) atoms. The normalized spacial score (nSPS) is 20.4. The van der Waals surface area contributed by atoms with Gasteiger partial charge in [0.25, 0.3) is 0 Å². The fraction of sp³-hybridized carbons (Fsp3) is 0.571. The van der Waals surface area contributed by atoms with Crippen molar-refractivity contribution in [2.45, 2.75) is 81.5 Å². The number of hydrogen-bond acceptors (Lipinski definition) is 10. The molecule has 2 aromatic carbocycles. The summed E-state index contributed by atoms with van der Waals surface area (Å²) in [5, 5.41) is 2.06. The van der Waals surface area contributed by atoms with Crippen molar-refractivity contribution in [3.63, 3.8) is 0 Å². The van der Waals surface area contributed by atoms with Crippen molar-refractivity contribution in [3.8, 4) is 11.5 Å². The number of likely N-dealkylation sites (tertiary alicyclic amines) is 2. The van der Waals surface area contributed by atoms with Crippen LogP contribution in [0.5, 0.6) is 11.5 Å². The van der Waals surface area contributed by atoms with Crippen LogP contribution in [0.1, 0.15) is 87.4 Å². The van der Waals surface area contributed by atoms with Crippen molar-refractivity contribution in [2.24, 2.45) is 0 Å². The molecule has 10 heteroatoms. The summed E-state index contributed by atoms with van der Waals surface area (Å²) in [4.78, 5) is 9.76. The summed E-state index contributed by atoms with van der Waals surface area (Å²) in [6.07, 6.45) is 21.0. The van der Waals surface area contributed by atoms with Gasteiger partial charge in [0.1, 0.15) is 11.5 Å². The van der Waals surface area contributed by atoms with Crippen LogP contribution >= 0.6 is 0 Å². The van der Waals surface area contributed by atoms with Crippen LogP contribution in [-0.4, -0.2) is 119 Å². The van der Waals surface area contributed by atoms with E-state index in [1.54, 1.807) is 7.11 Å². The number of rotatable bonds is 18. The Hall–Kier alpha value is -3.93. The summed E-state index contributed by atoms with van der Waals surface area (Å²) in [6.45, 7) is 13.6. The molecule has 0 spiro atoms. The van der Waals surface area contributed by atoms with Crippen molar-refractivity contribution in [2.75, 3.05) is 99.2 Å². The minimum absolute atomic E-state index is 0.0478. The van der Waals surface area contributed by atoms with Gasteiger partial charge in [-0.15, -0.1) is 0 Å². The number of nitrogens with one attached hydrogen (secondary N) is 1. The number of pyridine rings is 1. The summed E-state index contributed by atoms with van der Waals surface area (Å²) < 4.78 is 28.5. The third-order valence-electron chi connectivity index (χ3n) is 13.0. The Morgan fingerprint density at radius 2 is 1.24 bits per heavy atom. The van der Waals surface area contributed by atoms with Crippen LogP contribution in [-0.2, 0) is 25.0 Å². The topological polar surface area (TPSA) is 80.8 Å². The smallest absolute Gasteiger partial charge is 0.119 e. The molecule has 0 aliphatic carbocycles. The quantitative estimate of drug-likeness (QED) is 0.128. The molecule has 0 bridgehead atoms. The van der Waals surface area contributed by atoms with Gasteiger partial charge in [-0.25, -0.2) is 0 Å². The Bertz CT molecular complexity index is 1690. The average molecular weight is 808 g/mol.